The number of ether oxygens (including phenoxy) is 1. The number of carbonyl (C=O) groups excluding carboxylic acids is 3. The first-order chi connectivity index (χ1) is 20.3. The Bertz CT molecular complexity index is 1770. The van der Waals surface area contributed by atoms with Crippen molar-refractivity contribution >= 4 is 57.9 Å². The molecule has 2 aromatic heterocycles. The van der Waals surface area contributed by atoms with Crippen LogP contribution in [0.4, 0.5) is 17.1 Å². The number of fused-ring (bicyclic) bond motifs is 2. The quantitative estimate of drug-likeness (QED) is 0.189. The van der Waals surface area contributed by atoms with Crippen LogP contribution in [-0.2, 0) is 20.9 Å². The van der Waals surface area contributed by atoms with E-state index in [0.717, 1.165) is 28.0 Å². The number of nitrogens with zero attached hydrogens (tertiary/aromatic N) is 4. The summed E-state index contributed by atoms with van der Waals surface area (Å²) in [7, 11) is 1.54. The maximum absolute atomic E-state index is 13.9. The number of hydrogen-bond acceptors (Lipinski definition) is 10. The highest BCUT2D eigenvalue weighted by molar-refractivity contribution is 8.00. The van der Waals surface area contributed by atoms with Gasteiger partial charge in [0, 0.05) is 41.0 Å². The molecule has 2 aliphatic heterocycles. The average molecular weight is 604 g/mol. The molecule has 0 saturated carbocycles. The minimum absolute atomic E-state index is 0.169. The summed E-state index contributed by atoms with van der Waals surface area (Å²) in [5, 5.41) is 13.4. The molecule has 12 nitrogen and oxygen atoms in total. The van der Waals surface area contributed by atoms with Crippen LogP contribution in [0, 0.1) is 16.0 Å². The van der Waals surface area contributed by atoms with Gasteiger partial charge in [-0.25, -0.2) is 4.90 Å². The summed E-state index contributed by atoms with van der Waals surface area (Å²) in [6.07, 6.45) is 3.18. The van der Waals surface area contributed by atoms with Crippen molar-refractivity contribution in [3.8, 4) is 5.75 Å². The summed E-state index contributed by atoms with van der Waals surface area (Å²) in [6.45, 7) is -0.297. The molecular weight excluding hydrogens is 582 g/mol. The summed E-state index contributed by atoms with van der Waals surface area (Å²) in [4.78, 5) is 69.8. The molecular formula is C28H21N5O7S2. The molecule has 0 spiro atoms. The predicted octanol–water partition coefficient (Wildman–Crippen LogP) is 3.66. The van der Waals surface area contributed by atoms with Crippen molar-refractivity contribution in [1.82, 2.24) is 9.55 Å². The van der Waals surface area contributed by atoms with Crippen LogP contribution in [0.5, 0.6) is 5.75 Å². The Labute approximate surface area is 246 Å². The number of anilines is 2. The van der Waals surface area contributed by atoms with Crippen molar-refractivity contribution in [3.63, 3.8) is 0 Å². The summed E-state index contributed by atoms with van der Waals surface area (Å²) < 4.78 is 6.47. The fourth-order valence-electron chi connectivity index (χ4n) is 5.17. The van der Waals surface area contributed by atoms with Crippen LogP contribution in [0.2, 0.25) is 0 Å². The van der Waals surface area contributed by atoms with E-state index < -0.39 is 44.6 Å². The van der Waals surface area contributed by atoms with Gasteiger partial charge in [0.15, 0.2) is 0 Å². The minimum atomic E-state index is -0.893. The molecule has 2 unspecified atom stereocenters. The van der Waals surface area contributed by atoms with Crippen LogP contribution in [0.1, 0.15) is 16.4 Å². The van der Waals surface area contributed by atoms with E-state index in [1.165, 1.54) is 35.9 Å². The van der Waals surface area contributed by atoms with Gasteiger partial charge in [-0.1, -0.05) is 29.2 Å². The molecule has 3 amide bonds. The molecule has 1 N–H and O–H groups in total. The molecule has 6 rings (SSSR count). The SMILES string of the molecule is COc1ccc(NC(=O)Cn2c3c(sc2=O)[C@@H](c2cccnc2)C2C(=O)N(c4ccc([N+](=O)[O-])cc4)C(=O)C2S3)cc1. The number of nitrogens with one attached hydrogen (secondary N) is 1. The number of thioether (sulfide) groups is 1. The lowest BCUT2D eigenvalue weighted by Gasteiger charge is -2.30. The summed E-state index contributed by atoms with van der Waals surface area (Å²) in [5.41, 5.74) is 1.22. The number of methoxy groups -OCH3 is 1. The fourth-order valence-corrected chi connectivity index (χ4v) is 7.94. The van der Waals surface area contributed by atoms with E-state index in [1.807, 2.05) is 0 Å². The molecule has 3 atom stereocenters. The van der Waals surface area contributed by atoms with Gasteiger partial charge in [-0.05, 0) is 48.0 Å². The van der Waals surface area contributed by atoms with Crippen molar-refractivity contribution < 1.29 is 24.0 Å². The predicted molar refractivity (Wildman–Crippen MR) is 155 cm³/mol. The van der Waals surface area contributed by atoms with Gasteiger partial charge >= 0.3 is 4.87 Å². The summed E-state index contributed by atoms with van der Waals surface area (Å²) in [5.74, 6) is -2.31. The molecule has 4 aromatic rings. The second kappa shape index (κ2) is 10.9. The van der Waals surface area contributed by atoms with E-state index in [2.05, 4.69) is 10.3 Å². The molecule has 2 aliphatic rings. The Morgan fingerprint density at radius 2 is 1.81 bits per heavy atom. The number of hydrogen-bond donors (Lipinski definition) is 1. The molecule has 0 aliphatic carbocycles. The van der Waals surface area contributed by atoms with Crippen molar-refractivity contribution in [3.05, 3.63) is 103 Å². The molecule has 212 valence electrons. The van der Waals surface area contributed by atoms with Crippen LogP contribution >= 0.6 is 23.1 Å². The number of rotatable bonds is 7. The number of thiazole rings is 1. The highest BCUT2D eigenvalue weighted by Gasteiger charge is 2.57. The number of nitro benzene ring substituents is 1. The van der Waals surface area contributed by atoms with Gasteiger partial charge in [-0.2, -0.15) is 0 Å². The summed E-state index contributed by atoms with van der Waals surface area (Å²) >= 11 is 2.01. The second-order valence-corrected chi connectivity index (χ2v) is 11.6. The number of amides is 3. The molecule has 2 aromatic carbocycles. The van der Waals surface area contributed by atoms with Gasteiger partial charge in [-0.3, -0.25) is 38.8 Å². The van der Waals surface area contributed by atoms with E-state index >= 15 is 0 Å². The first kappa shape index (κ1) is 27.4. The Morgan fingerprint density at radius 1 is 1.07 bits per heavy atom. The third kappa shape index (κ3) is 4.73. The van der Waals surface area contributed by atoms with Crippen LogP contribution < -0.4 is 19.8 Å². The maximum Gasteiger partial charge on any atom is 0.308 e. The smallest absolute Gasteiger partial charge is 0.308 e. The molecule has 1 saturated heterocycles. The summed E-state index contributed by atoms with van der Waals surface area (Å²) in [6, 6.07) is 15.4. The number of pyridine rings is 1. The van der Waals surface area contributed by atoms with Gasteiger partial charge in [0.05, 0.1) is 28.7 Å². The van der Waals surface area contributed by atoms with Crippen molar-refractivity contribution in [2.24, 2.45) is 5.92 Å². The van der Waals surface area contributed by atoms with E-state index in [0.29, 0.717) is 26.9 Å². The third-order valence-corrected chi connectivity index (χ3v) is 9.69. The second-order valence-electron chi connectivity index (χ2n) is 9.51. The first-order valence-corrected chi connectivity index (χ1v) is 14.3. The van der Waals surface area contributed by atoms with Gasteiger partial charge < -0.3 is 10.1 Å². The molecule has 1 fully saturated rings. The van der Waals surface area contributed by atoms with Crippen LogP contribution in [-0.4, -0.2) is 44.6 Å². The zero-order chi connectivity index (χ0) is 29.5. The topological polar surface area (TPSA) is 154 Å². The number of non-ortho nitro benzene ring substituents is 1. The Kier molecular flexibility index (Phi) is 7.08. The molecule has 4 heterocycles. The minimum Gasteiger partial charge on any atom is -0.497 e. The fraction of sp³-hybridized carbons (Fsp3) is 0.179. The highest BCUT2D eigenvalue weighted by Crippen LogP contribution is 2.53. The molecule has 14 heteroatoms. The van der Waals surface area contributed by atoms with Crippen LogP contribution in [0.15, 0.2) is 82.9 Å². The number of nitro groups is 1. The van der Waals surface area contributed by atoms with E-state index in [-0.39, 0.29) is 17.9 Å². The monoisotopic (exact) mass is 603 g/mol. The number of benzene rings is 2. The normalized spacial score (nSPS) is 19.3. The van der Waals surface area contributed by atoms with E-state index in [9.17, 15) is 29.3 Å². The molecule has 0 bridgehead atoms. The van der Waals surface area contributed by atoms with E-state index in [1.54, 1.807) is 48.8 Å². The van der Waals surface area contributed by atoms with Gasteiger partial charge in [0.2, 0.25) is 17.7 Å². The Hall–Kier alpha value is -4.82. The van der Waals surface area contributed by atoms with Gasteiger partial charge in [-0.15, -0.1) is 0 Å². The van der Waals surface area contributed by atoms with Gasteiger partial charge in [0.1, 0.15) is 17.5 Å². The third-order valence-electron chi connectivity index (χ3n) is 7.09. The zero-order valence-corrected chi connectivity index (χ0v) is 23.5. The largest absolute Gasteiger partial charge is 0.497 e. The zero-order valence-electron chi connectivity index (χ0n) is 21.8. The molecule has 0 radical (unpaired) electrons. The van der Waals surface area contributed by atoms with Crippen molar-refractivity contribution in [1.29, 1.82) is 0 Å². The first-order valence-electron chi connectivity index (χ1n) is 12.6. The lowest BCUT2D eigenvalue weighted by Crippen LogP contribution is -2.33. The maximum atomic E-state index is 13.9. The highest BCUT2D eigenvalue weighted by atomic mass is 32.2. The number of imide groups is 1. The van der Waals surface area contributed by atoms with Crippen molar-refractivity contribution in [2.45, 2.75) is 22.7 Å². The average Bonchev–Trinajstić information content (AvgIpc) is 3.44. The Balaban J connectivity index is 1.36. The number of aromatic nitrogens is 2. The van der Waals surface area contributed by atoms with Crippen LogP contribution in [0.25, 0.3) is 0 Å². The molecule has 42 heavy (non-hydrogen) atoms. The van der Waals surface area contributed by atoms with Crippen molar-refractivity contribution in [2.75, 3.05) is 17.3 Å². The lowest BCUT2D eigenvalue weighted by molar-refractivity contribution is -0.384. The Morgan fingerprint density at radius 3 is 2.45 bits per heavy atom. The standard InChI is InChI=1S/C28H21N5O7S2/c1-40-19-10-4-16(5-11-19)30-20(34)14-31-27-24(42-28(31)37)21(15-3-2-12-29-13-15)22-23(41-27)26(36)32(25(22)35)17-6-8-18(9-7-17)33(38)39/h2-13,21-23H,14H2,1H3,(H,30,34)/t21-,22?,23?/m0/s1. The number of carbonyl (C=O) groups is 3. The van der Waals surface area contributed by atoms with E-state index in [4.69, 9.17) is 4.74 Å². The van der Waals surface area contributed by atoms with Gasteiger partial charge in [0.25, 0.3) is 5.69 Å². The lowest BCUT2D eigenvalue weighted by atomic mass is 9.84. The van der Waals surface area contributed by atoms with Crippen LogP contribution in [0.3, 0.4) is 0 Å².